The number of aromatic nitrogens is 1. The highest BCUT2D eigenvalue weighted by Gasteiger charge is 2.32. The molecule has 0 bridgehead atoms. The average molecular weight is 651 g/mol. The highest BCUT2D eigenvalue weighted by atomic mass is 16.5. The number of fused-ring (bicyclic) bond motifs is 2. The minimum atomic E-state index is -1.38. The van der Waals surface area contributed by atoms with E-state index in [1.165, 1.54) is 7.11 Å². The van der Waals surface area contributed by atoms with Crippen LogP contribution in [0.25, 0.3) is 21.9 Å². The first-order valence-electron chi connectivity index (χ1n) is 15.9. The first-order valence-corrected chi connectivity index (χ1v) is 15.9. The van der Waals surface area contributed by atoms with Crippen molar-refractivity contribution < 1.29 is 38.5 Å². The van der Waals surface area contributed by atoms with Gasteiger partial charge in [0.05, 0.1) is 25.0 Å². The number of aryl methyl sites for hydroxylation is 1. The summed E-state index contributed by atoms with van der Waals surface area (Å²) in [5.41, 5.74) is 3.60. The van der Waals surface area contributed by atoms with E-state index in [0.29, 0.717) is 36.3 Å². The Balaban J connectivity index is 1.47. The molecule has 1 heterocycles. The van der Waals surface area contributed by atoms with Gasteiger partial charge in [0.2, 0.25) is 5.91 Å². The maximum Gasteiger partial charge on any atom is 0.337 e. The first-order chi connectivity index (χ1) is 23.1. The maximum atomic E-state index is 14.0. The summed E-state index contributed by atoms with van der Waals surface area (Å²) in [6.45, 7) is 2.11. The van der Waals surface area contributed by atoms with Gasteiger partial charge >= 0.3 is 17.9 Å². The van der Waals surface area contributed by atoms with Crippen molar-refractivity contribution in [2.24, 2.45) is 5.92 Å². The zero-order valence-corrected chi connectivity index (χ0v) is 26.9. The predicted molar refractivity (Wildman–Crippen MR) is 179 cm³/mol. The highest BCUT2D eigenvalue weighted by molar-refractivity contribution is 5.89. The number of carbonyl (C=O) groups excluding carboxylic acids is 2. The van der Waals surface area contributed by atoms with E-state index in [-0.39, 0.29) is 12.5 Å². The number of nitrogens with zero attached hydrogens (tertiary/aromatic N) is 2. The number of hydrogen-bond donors (Lipinski definition) is 2. The second kappa shape index (κ2) is 15.4. The van der Waals surface area contributed by atoms with Crippen LogP contribution in [0.4, 0.5) is 0 Å². The van der Waals surface area contributed by atoms with Crippen LogP contribution in [-0.2, 0) is 32.1 Å². The molecule has 0 fully saturated rings. The Morgan fingerprint density at radius 3 is 2.27 bits per heavy atom. The lowest BCUT2D eigenvalue weighted by molar-refractivity contribution is -0.151. The quantitative estimate of drug-likeness (QED) is 0.116. The molecule has 4 aromatic carbocycles. The lowest BCUT2D eigenvalue weighted by Crippen LogP contribution is -2.43. The largest absolute Gasteiger partial charge is 0.481 e. The monoisotopic (exact) mass is 650 g/mol. The summed E-state index contributed by atoms with van der Waals surface area (Å²) in [5.74, 6) is -4.56. The average Bonchev–Trinajstić information content (AvgIpc) is 3.51. The number of hydrogen-bond acceptors (Lipinski definition) is 7. The zero-order valence-electron chi connectivity index (χ0n) is 26.9. The summed E-state index contributed by atoms with van der Waals surface area (Å²) in [5, 5.41) is 21.2. The molecule has 1 aromatic heterocycles. The first kappa shape index (κ1) is 33.8. The van der Waals surface area contributed by atoms with Crippen LogP contribution in [-0.4, -0.2) is 57.1 Å². The summed E-state index contributed by atoms with van der Waals surface area (Å²) < 4.78 is 10.8. The molecule has 2 N–H and O–H groups in total. The fourth-order valence-corrected chi connectivity index (χ4v) is 6.17. The molecule has 0 radical (unpaired) electrons. The number of benzene rings is 4. The molecular weight excluding hydrogens is 612 g/mol. The maximum absolute atomic E-state index is 14.0. The standard InChI is InChI=1S/C38H38N2O8/c1-24(40(35(41)21-30(37(44)45)22-36(42)43)23-25-14-15-26-8-3-4-9-29(26)20-25)31(27-16-18-28(19-17-27)38(46)47-2)10-7-13-34-39-32-11-5-6-12-33(32)48-34/h3-6,8-9,11-12,14-20,24,30-31H,7,10,13,21-23H2,1-2H3,(H,42,43)(H,44,45)/t24-,30-,31+/m1/s1. The molecule has 0 saturated carbocycles. The Morgan fingerprint density at radius 2 is 1.58 bits per heavy atom. The Kier molecular flexibility index (Phi) is 10.8. The number of esters is 1. The van der Waals surface area contributed by atoms with Crippen LogP contribution in [0, 0.1) is 5.92 Å². The molecule has 48 heavy (non-hydrogen) atoms. The van der Waals surface area contributed by atoms with Gasteiger partial charge in [-0.2, -0.15) is 0 Å². The minimum Gasteiger partial charge on any atom is -0.481 e. The highest BCUT2D eigenvalue weighted by Crippen LogP contribution is 2.32. The van der Waals surface area contributed by atoms with E-state index in [9.17, 15) is 29.4 Å². The van der Waals surface area contributed by atoms with E-state index in [0.717, 1.165) is 27.4 Å². The third kappa shape index (κ3) is 8.25. The van der Waals surface area contributed by atoms with Gasteiger partial charge in [-0.15, -0.1) is 0 Å². The van der Waals surface area contributed by atoms with Crippen LogP contribution in [0.5, 0.6) is 0 Å². The van der Waals surface area contributed by atoms with Crippen molar-refractivity contribution in [3.63, 3.8) is 0 Å². The van der Waals surface area contributed by atoms with Crippen LogP contribution >= 0.6 is 0 Å². The number of ether oxygens (including phenoxy) is 1. The number of oxazole rings is 1. The van der Waals surface area contributed by atoms with Crippen molar-refractivity contribution in [1.82, 2.24) is 9.88 Å². The van der Waals surface area contributed by atoms with Gasteiger partial charge in [0.15, 0.2) is 11.5 Å². The Morgan fingerprint density at radius 1 is 0.875 bits per heavy atom. The zero-order chi connectivity index (χ0) is 34.2. The van der Waals surface area contributed by atoms with Gasteiger partial charge in [-0.25, -0.2) is 9.78 Å². The van der Waals surface area contributed by atoms with E-state index in [2.05, 4.69) is 4.98 Å². The topological polar surface area (TPSA) is 147 Å². The summed E-state index contributed by atoms with van der Waals surface area (Å²) in [4.78, 5) is 55.9. The molecule has 0 aliphatic rings. The van der Waals surface area contributed by atoms with Gasteiger partial charge in [-0.05, 0) is 72.0 Å². The fourth-order valence-electron chi connectivity index (χ4n) is 6.17. The second-order valence-electron chi connectivity index (χ2n) is 12.0. The number of rotatable bonds is 15. The van der Waals surface area contributed by atoms with Gasteiger partial charge in [0.1, 0.15) is 5.52 Å². The summed E-state index contributed by atoms with van der Waals surface area (Å²) in [6, 6.07) is 27.9. The number of aliphatic carboxylic acids is 2. The van der Waals surface area contributed by atoms with Crippen LogP contribution in [0.1, 0.15) is 65.9 Å². The summed E-state index contributed by atoms with van der Waals surface area (Å²) in [7, 11) is 1.32. The number of carboxylic acid groups (broad SMARTS) is 2. The van der Waals surface area contributed by atoms with E-state index in [4.69, 9.17) is 9.15 Å². The number of carboxylic acids is 2. The number of amides is 1. The van der Waals surface area contributed by atoms with E-state index in [1.807, 2.05) is 85.8 Å². The Bertz CT molecular complexity index is 1880. The molecular formula is C38H38N2O8. The number of carbonyl (C=O) groups is 4. The number of para-hydroxylation sites is 2. The Labute approximate surface area is 278 Å². The SMILES string of the molecule is COC(=O)c1ccc([C@@H](CCCc2nc3ccccc3o2)[C@@H](C)N(Cc2ccc3ccccc3c2)C(=O)C[C@H](CC(=O)O)C(=O)O)cc1. The van der Waals surface area contributed by atoms with Gasteiger partial charge < -0.3 is 24.3 Å². The second-order valence-corrected chi connectivity index (χ2v) is 12.0. The smallest absolute Gasteiger partial charge is 0.337 e. The molecule has 248 valence electrons. The van der Waals surface area contributed by atoms with Crippen LogP contribution in [0.3, 0.4) is 0 Å². The molecule has 0 aliphatic heterocycles. The van der Waals surface area contributed by atoms with Gasteiger partial charge in [0.25, 0.3) is 0 Å². The molecule has 0 spiro atoms. The lowest BCUT2D eigenvalue weighted by atomic mass is 9.85. The van der Waals surface area contributed by atoms with E-state index in [1.54, 1.807) is 17.0 Å². The predicted octanol–water partition coefficient (Wildman–Crippen LogP) is 6.86. The van der Waals surface area contributed by atoms with Gasteiger partial charge in [-0.1, -0.05) is 60.7 Å². The molecule has 3 atom stereocenters. The number of methoxy groups -OCH3 is 1. The minimum absolute atomic E-state index is 0.187. The van der Waals surface area contributed by atoms with Crippen LogP contribution < -0.4 is 0 Å². The van der Waals surface area contributed by atoms with Crippen molar-refractivity contribution in [1.29, 1.82) is 0 Å². The molecule has 10 heteroatoms. The van der Waals surface area contributed by atoms with Crippen molar-refractivity contribution in [3.8, 4) is 0 Å². The van der Waals surface area contributed by atoms with Crippen molar-refractivity contribution in [2.45, 2.75) is 57.5 Å². The molecule has 0 unspecified atom stereocenters. The van der Waals surface area contributed by atoms with Crippen molar-refractivity contribution >= 4 is 45.7 Å². The van der Waals surface area contributed by atoms with E-state index < -0.39 is 48.6 Å². The third-order valence-corrected chi connectivity index (χ3v) is 8.76. The molecule has 1 amide bonds. The third-order valence-electron chi connectivity index (χ3n) is 8.76. The van der Waals surface area contributed by atoms with Crippen LogP contribution in [0.15, 0.2) is 95.4 Å². The van der Waals surface area contributed by atoms with Gasteiger partial charge in [0, 0.05) is 31.3 Å². The molecule has 0 aliphatic carbocycles. The van der Waals surface area contributed by atoms with E-state index >= 15 is 0 Å². The molecule has 0 saturated heterocycles. The summed E-state index contributed by atoms with van der Waals surface area (Å²) >= 11 is 0. The lowest BCUT2D eigenvalue weighted by Gasteiger charge is -2.36. The molecule has 5 aromatic rings. The summed E-state index contributed by atoms with van der Waals surface area (Å²) in [6.07, 6.45) is 0.695. The van der Waals surface area contributed by atoms with Gasteiger partial charge in [-0.3, -0.25) is 14.4 Å². The molecule has 5 rings (SSSR count). The van der Waals surface area contributed by atoms with Crippen LogP contribution in [0.2, 0.25) is 0 Å². The Hall–Kier alpha value is -5.51. The van der Waals surface area contributed by atoms with Crippen molar-refractivity contribution in [3.05, 3.63) is 114 Å². The van der Waals surface area contributed by atoms with Crippen molar-refractivity contribution in [2.75, 3.05) is 7.11 Å². The molecule has 10 nitrogen and oxygen atoms in total. The normalized spacial score (nSPS) is 13.1. The fraction of sp³-hybridized carbons (Fsp3) is 0.289.